The summed E-state index contributed by atoms with van der Waals surface area (Å²) in [6, 6.07) is 11.7. The normalized spacial score (nSPS) is 17.1. The van der Waals surface area contributed by atoms with Crippen molar-refractivity contribution >= 4 is 11.9 Å². The third-order valence-electron chi connectivity index (χ3n) is 4.82. The highest BCUT2D eigenvalue weighted by Crippen LogP contribution is 2.37. The Hall–Kier alpha value is -3.02. The molecule has 146 valence electrons. The van der Waals surface area contributed by atoms with Crippen LogP contribution in [0.2, 0.25) is 0 Å². The minimum absolute atomic E-state index is 0.0239. The molecule has 6 heteroatoms. The summed E-state index contributed by atoms with van der Waals surface area (Å²) in [6.45, 7) is 3.79. The highest BCUT2D eigenvalue weighted by Gasteiger charge is 2.37. The van der Waals surface area contributed by atoms with Gasteiger partial charge in [-0.25, -0.2) is 13.6 Å². The van der Waals surface area contributed by atoms with Crippen LogP contribution in [0, 0.1) is 11.6 Å². The van der Waals surface area contributed by atoms with Crippen LogP contribution in [0.25, 0.3) is 0 Å². The quantitative estimate of drug-likeness (QED) is 0.721. The van der Waals surface area contributed by atoms with E-state index in [4.69, 9.17) is 4.74 Å². The molecule has 28 heavy (non-hydrogen) atoms. The summed E-state index contributed by atoms with van der Waals surface area (Å²) in [6.07, 6.45) is 0.0239. The van der Waals surface area contributed by atoms with Crippen molar-refractivity contribution in [1.82, 2.24) is 4.90 Å². The zero-order valence-corrected chi connectivity index (χ0v) is 15.7. The first kappa shape index (κ1) is 19.7. The third kappa shape index (κ3) is 4.11. The molecule has 0 spiro atoms. The maximum Gasteiger partial charge on any atom is 0.336 e. The van der Waals surface area contributed by atoms with Gasteiger partial charge in [0.25, 0.3) is 0 Å². The molecular weight excluding hydrogens is 364 g/mol. The predicted octanol–water partition coefficient (Wildman–Crippen LogP) is 4.32. The monoisotopic (exact) mass is 385 g/mol. The number of carbonyl (C=O) groups is 2. The Labute approximate surface area is 162 Å². The summed E-state index contributed by atoms with van der Waals surface area (Å²) in [5, 5.41) is 0. The van der Waals surface area contributed by atoms with Gasteiger partial charge in [-0.3, -0.25) is 4.79 Å². The summed E-state index contributed by atoms with van der Waals surface area (Å²) < 4.78 is 32.1. The van der Waals surface area contributed by atoms with Gasteiger partial charge in [-0.2, -0.15) is 0 Å². The fourth-order valence-corrected chi connectivity index (χ4v) is 3.46. The van der Waals surface area contributed by atoms with Gasteiger partial charge in [-0.05, 0) is 49.2 Å². The largest absolute Gasteiger partial charge is 0.463 e. The number of ether oxygens (including phenoxy) is 1. The second-order valence-electron chi connectivity index (χ2n) is 6.64. The Bertz CT molecular complexity index is 922. The number of halogens is 2. The molecule has 0 aliphatic carbocycles. The lowest BCUT2D eigenvalue weighted by molar-refractivity contribution is -0.140. The number of amides is 1. The number of benzene rings is 2. The van der Waals surface area contributed by atoms with Crippen LogP contribution < -0.4 is 0 Å². The molecule has 1 amide bonds. The molecule has 0 bridgehead atoms. The van der Waals surface area contributed by atoms with E-state index in [1.807, 2.05) is 0 Å². The van der Waals surface area contributed by atoms with Crippen molar-refractivity contribution in [3.05, 3.63) is 82.6 Å². The first-order valence-electron chi connectivity index (χ1n) is 9.08. The van der Waals surface area contributed by atoms with E-state index in [0.717, 1.165) is 5.56 Å². The van der Waals surface area contributed by atoms with Crippen molar-refractivity contribution in [2.45, 2.75) is 32.7 Å². The highest BCUT2D eigenvalue weighted by atomic mass is 19.1. The lowest BCUT2D eigenvalue weighted by Gasteiger charge is -2.34. The molecule has 0 saturated heterocycles. The molecule has 4 nitrogen and oxygen atoms in total. The fraction of sp³-hybridized carbons (Fsp3) is 0.273. The summed E-state index contributed by atoms with van der Waals surface area (Å²) in [5.41, 5.74) is 2.10. The van der Waals surface area contributed by atoms with Crippen LogP contribution >= 0.6 is 0 Å². The number of esters is 1. The lowest BCUT2D eigenvalue weighted by Crippen LogP contribution is -2.38. The van der Waals surface area contributed by atoms with Crippen LogP contribution in [0.5, 0.6) is 0 Å². The van der Waals surface area contributed by atoms with Crippen LogP contribution in [0.15, 0.2) is 59.8 Å². The fourth-order valence-electron chi connectivity index (χ4n) is 3.46. The van der Waals surface area contributed by atoms with Crippen LogP contribution in [-0.4, -0.2) is 23.4 Å². The maximum atomic E-state index is 13.7. The Morgan fingerprint density at radius 2 is 1.86 bits per heavy atom. The van der Waals surface area contributed by atoms with Gasteiger partial charge < -0.3 is 9.64 Å². The zero-order chi connectivity index (χ0) is 20.3. The van der Waals surface area contributed by atoms with Crippen molar-refractivity contribution in [3.8, 4) is 0 Å². The molecule has 0 fully saturated rings. The van der Waals surface area contributed by atoms with Gasteiger partial charge in [-0.1, -0.05) is 24.3 Å². The van der Waals surface area contributed by atoms with Crippen molar-refractivity contribution in [2.75, 3.05) is 6.61 Å². The van der Waals surface area contributed by atoms with Crippen LogP contribution in [0.1, 0.15) is 37.3 Å². The number of carbonyl (C=O) groups excluding carboxylic acids is 2. The van der Waals surface area contributed by atoms with E-state index in [1.54, 1.807) is 38.1 Å². The molecule has 1 heterocycles. The lowest BCUT2D eigenvalue weighted by atomic mass is 9.83. The average Bonchev–Trinajstić information content (AvgIpc) is 2.66. The van der Waals surface area contributed by atoms with E-state index in [1.165, 1.54) is 29.2 Å². The summed E-state index contributed by atoms with van der Waals surface area (Å²) >= 11 is 0. The van der Waals surface area contributed by atoms with E-state index < -0.39 is 17.7 Å². The standard InChI is InChI=1S/C22H21F2NO3/c1-3-28-22(27)21-14(2)25(13-15-7-9-17(23)10-8-15)20(26)12-19(21)16-5-4-6-18(24)11-16/h4-11,19H,3,12-13H2,1-2H3/t19-/m0/s1. The second kappa shape index (κ2) is 8.33. The molecule has 1 aliphatic rings. The molecule has 0 saturated carbocycles. The van der Waals surface area contributed by atoms with Gasteiger partial charge in [0.2, 0.25) is 5.91 Å². The van der Waals surface area contributed by atoms with E-state index in [9.17, 15) is 18.4 Å². The predicted molar refractivity (Wildman–Crippen MR) is 100 cm³/mol. The van der Waals surface area contributed by atoms with Crippen molar-refractivity contribution in [3.63, 3.8) is 0 Å². The first-order chi connectivity index (χ1) is 13.4. The van der Waals surface area contributed by atoms with E-state index >= 15 is 0 Å². The molecule has 0 radical (unpaired) electrons. The Balaban J connectivity index is 2.02. The number of allylic oxidation sites excluding steroid dienone is 1. The molecule has 1 atom stereocenters. The van der Waals surface area contributed by atoms with Crippen LogP contribution in [-0.2, 0) is 20.9 Å². The molecule has 0 unspecified atom stereocenters. The average molecular weight is 385 g/mol. The van der Waals surface area contributed by atoms with Gasteiger partial charge >= 0.3 is 5.97 Å². The van der Waals surface area contributed by atoms with Gasteiger partial charge in [0.05, 0.1) is 18.7 Å². The molecule has 1 aliphatic heterocycles. The van der Waals surface area contributed by atoms with Crippen LogP contribution in [0.4, 0.5) is 8.78 Å². The minimum Gasteiger partial charge on any atom is -0.463 e. The SMILES string of the molecule is CCOC(=O)C1=C(C)N(Cc2ccc(F)cc2)C(=O)C[C@H]1c1cccc(F)c1. The van der Waals surface area contributed by atoms with Crippen molar-refractivity contribution in [1.29, 1.82) is 0 Å². The molecule has 3 rings (SSSR count). The molecule has 2 aromatic carbocycles. The van der Waals surface area contributed by atoms with Crippen molar-refractivity contribution < 1.29 is 23.1 Å². The molecule has 2 aromatic rings. The second-order valence-corrected chi connectivity index (χ2v) is 6.64. The van der Waals surface area contributed by atoms with Crippen molar-refractivity contribution in [2.24, 2.45) is 0 Å². The Morgan fingerprint density at radius 3 is 2.50 bits per heavy atom. The zero-order valence-electron chi connectivity index (χ0n) is 15.7. The van der Waals surface area contributed by atoms with E-state index in [0.29, 0.717) is 16.8 Å². The maximum absolute atomic E-state index is 13.7. The number of nitrogens with zero attached hydrogens (tertiary/aromatic N) is 1. The summed E-state index contributed by atoms with van der Waals surface area (Å²) in [4.78, 5) is 27.0. The summed E-state index contributed by atoms with van der Waals surface area (Å²) in [7, 11) is 0. The first-order valence-corrected chi connectivity index (χ1v) is 9.08. The third-order valence-corrected chi connectivity index (χ3v) is 4.82. The van der Waals surface area contributed by atoms with Gasteiger partial charge in [-0.15, -0.1) is 0 Å². The number of rotatable bonds is 5. The van der Waals surface area contributed by atoms with Crippen LogP contribution in [0.3, 0.4) is 0 Å². The topological polar surface area (TPSA) is 46.6 Å². The smallest absolute Gasteiger partial charge is 0.336 e. The van der Waals surface area contributed by atoms with Gasteiger partial charge in [0, 0.05) is 18.0 Å². The van der Waals surface area contributed by atoms with Gasteiger partial charge in [0.15, 0.2) is 0 Å². The Morgan fingerprint density at radius 1 is 1.14 bits per heavy atom. The highest BCUT2D eigenvalue weighted by molar-refractivity contribution is 5.95. The van der Waals surface area contributed by atoms with Gasteiger partial charge in [0.1, 0.15) is 11.6 Å². The van der Waals surface area contributed by atoms with E-state index in [-0.39, 0.29) is 31.3 Å². The molecule has 0 N–H and O–H groups in total. The molecular formula is C22H21F2NO3. The van der Waals surface area contributed by atoms with E-state index in [2.05, 4.69) is 0 Å². The minimum atomic E-state index is -0.577. The Kier molecular flexibility index (Phi) is 5.87. The molecule has 0 aromatic heterocycles. The number of hydrogen-bond acceptors (Lipinski definition) is 3. The number of hydrogen-bond donors (Lipinski definition) is 0. The summed E-state index contributed by atoms with van der Waals surface area (Å²) in [5.74, 6) is -2.08.